The Morgan fingerprint density at radius 3 is 2.79 bits per heavy atom. The summed E-state index contributed by atoms with van der Waals surface area (Å²) in [5, 5.41) is 8.96. The number of aromatic carboxylic acids is 1. The van der Waals surface area contributed by atoms with Gasteiger partial charge in [0.25, 0.3) is 0 Å². The first-order chi connectivity index (χ1) is 9.11. The van der Waals surface area contributed by atoms with Crippen molar-refractivity contribution < 1.29 is 19.4 Å². The van der Waals surface area contributed by atoms with Gasteiger partial charge in [-0.05, 0) is 18.2 Å². The predicted molar refractivity (Wildman–Crippen MR) is 67.5 cm³/mol. The fraction of sp³-hybridized carbons (Fsp3) is 0.231. The Morgan fingerprint density at radius 1 is 1.42 bits per heavy atom. The zero-order valence-electron chi connectivity index (χ0n) is 10.7. The third kappa shape index (κ3) is 2.85. The lowest BCUT2D eigenvalue weighted by molar-refractivity contribution is 0.0696. The van der Waals surface area contributed by atoms with Crippen molar-refractivity contribution in [3.05, 3.63) is 42.0 Å². The molecular formula is C13H14N2O4. The lowest BCUT2D eigenvalue weighted by Gasteiger charge is -2.11. The zero-order valence-corrected chi connectivity index (χ0v) is 10.7. The van der Waals surface area contributed by atoms with Crippen molar-refractivity contribution in [2.24, 2.45) is 7.05 Å². The molecule has 1 N–H and O–H groups in total. The van der Waals surface area contributed by atoms with Crippen molar-refractivity contribution in [2.45, 2.75) is 6.61 Å². The molecule has 0 saturated carbocycles. The molecule has 0 spiro atoms. The second-order valence-corrected chi connectivity index (χ2v) is 3.91. The van der Waals surface area contributed by atoms with Gasteiger partial charge < -0.3 is 19.1 Å². The van der Waals surface area contributed by atoms with Crippen LogP contribution in [0.5, 0.6) is 11.5 Å². The van der Waals surface area contributed by atoms with Crippen LogP contribution in [0.25, 0.3) is 0 Å². The Labute approximate surface area is 110 Å². The first-order valence-corrected chi connectivity index (χ1v) is 5.62. The van der Waals surface area contributed by atoms with Gasteiger partial charge in [0.15, 0.2) is 11.5 Å². The fourth-order valence-electron chi connectivity index (χ4n) is 1.60. The summed E-state index contributed by atoms with van der Waals surface area (Å²) in [6.45, 7) is 0.239. The number of hydrogen-bond acceptors (Lipinski definition) is 4. The van der Waals surface area contributed by atoms with Crippen molar-refractivity contribution in [2.75, 3.05) is 7.11 Å². The average molecular weight is 262 g/mol. The molecule has 0 saturated heterocycles. The lowest BCUT2D eigenvalue weighted by atomic mass is 10.2. The van der Waals surface area contributed by atoms with Crippen LogP contribution in [-0.4, -0.2) is 27.7 Å². The number of nitrogens with zero attached hydrogens (tertiary/aromatic N) is 2. The van der Waals surface area contributed by atoms with Gasteiger partial charge in [-0.2, -0.15) is 0 Å². The number of aryl methyl sites for hydroxylation is 1. The molecule has 0 aliphatic rings. The third-order valence-corrected chi connectivity index (χ3v) is 2.69. The molecular weight excluding hydrogens is 248 g/mol. The SMILES string of the molecule is COc1ccc(C(=O)O)cc1OCc1nccn1C. The van der Waals surface area contributed by atoms with E-state index in [1.165, 1.54) is 19.2 Å². The quantitative estimate of drug-likeness (QED) is 0.887. The number of carboxylic acid groups (broad SMARTS) is 1. The molecule has 1 aromatic heterocycles. The summed E-state index contributed by atoms with van der Waals surface area (Å²) < 4.78 is 12.5. The summed E-state index contributed by atoms with van der Waals surface area (Å²) in [5.74, 6) is 0.594. The lowest BCUT2D eigenvalue weighted by Crippen LogP contribution is -2.05. The van der Waals surface area contributed by atoms with E-state index in [1.807, 2.05) is 17.8 Å². The zero-order chi connectivity index (χ0) is 13.8. The maximum Gasteiger partial charge on any atom is 0.335 e. The van der Waals surface area contributed by atoms with E-state index in [0.717, 1.165) is 5.82 Å². The van der Waals surface area contributed by atoms with Crippen LogP contribution in [0.1, 0.15) is 16.2 Å². The standard InChI is InChI=1S/C13H14N2O4/c1-15-6-5-14-12(15)8-19-11-7-9(13(16)17)3-4-10(11)18-2/h3-7H,8H2,1-2H3,(H,16,17). The number of ether oxygens (including phenoxy) is 2. The van der Waals surface area contributed by atoms with E-state index in [4.69, 9.17) is 14.6 Å². The first-order valence-electron chi connectivity index (χ1n) is 5.62. The molecule has 0 bridgehead atoms. The van der Waals surface area contributed by atoms with Gasteiger partial charge >= 0.3 is 5.97 Å². The molecule has 19 heavy (non-hydrogen) atoms. The summed E-state index contributed by atoms with van der Waals surface area (Å²) in [7, 11) is 3.36. The van der Waals surface area contributed by atoms with Gasteiger partial charge in [0.05, 0.1) is 12.7 Å². The number of imidazole rings is 1. The van der Waals surface area contributed by atoms with Crippen molar-refractivity contribution in [1.82, 2.24) is 9.55 Å². The normalized spacial score (nSPS) is 10.2. The van der Waals surface area contributed by atoms with Gasteiger partial charge in [-0.3, -0.25) is 0 Å². The summed E-state index contributed by atoms with van der Waals surface area (Å²) in [6, 6.07) is 4.47. The number of benzene rings is 1. The maximum atomic E-state index is 10.9. The highest BCUT2D eigenvalue weighted by Gasteiger charge is 2.11. The second kappa shape index (κ2) is 5.43. The third-order valence-electron chi connectivity index (χ3n) is 2.69. The highest BCUT2D eigenvalue weighted by Crippen LogP contribution is 2.28. The molecule has 0 amide bonds. The number of aromatic nitrogens is 2. The molecule has 6 nitrogen and oxygen atoms in total. The fourth-order valence-corrected chi connectivity index (χ4v) is 1.60. The van der Waals surface area contributed by atoms with Gasteiger partial charge in [-0.15, -0.1) is 0 Å². The smallest absolute Gasteiger partial charge is 0.335 e. The molecule has 1 heterocycles. The van der Waals surface area contributed by atoms with E-state index in [9.17, 15) is 4.79 Å². The Morgan fingerprint density at radius 2 is 2.21 bits per heavy atom. The molecule has 100 valence electrons. The van der Waals surface area contributed by atoms with Gasteiger partial charge in [0.1, 0.15) is 12.4 Å². The van der Waals surface area contributed by atoms with Gasteiger partial charge in [-0.25, -0.2) is 9.78 Å². The van der Waals surface area contributed by atoms with Crippen molar-refractivity contribution in [1.29, 1.82) is 0 Å². The van der Waals surface area contributed by atoms with E-state index in [0.29, 0.717) is 11.5 Å². The molecule has 0 aliphatic heterocycles. The molecule has 2 rings (SSSR count). The average Bonchev–Trinajstić information content (AvgIpc) is 2.81. The maximum absolute atomic E-state index is 10.9. The molecule has 0 aliphatic carbocycles. The molecule has 0 radical (unpaired) electrons. The van der Waals surface area contributed by atoms with Crippen LogP contribution >= 0.6 is 0 Å². The number of carboxylic acids is 1. The minimum absolute atomic E-state index is 0.149. The highest BCUT2D eigenvalue weighted by atomic mass is 16.5. The summed E-state index contributed by atoms with van der Waals surface area (Å²) >= 11 is 0. The van der Waals surface area contributed by atoms with E-state index < -0.39 is 5.97 Å². The summed E-state index contributed by atoms with van der Waals surface area (Å²) in [4.78, 5) is 15.1. The van der Waals surface area contributed by atoms with Gasteiger partial charge in [0, 0.05) is 19.4 Å². The van der Waals surface area contributed by atoms with Crippen LogP contribution in [0.4, 0.5) is 0 Å². The van der Waals surface area contributed by atoms with Gasteiger partial charge in [-0.1, -0.05) is 0 Å². The number of rotatable bonds is 5. The largest absolute Gasteiger partial charge is 0.493 e. The predicted octanol–water partition coefficient (Wildman–Crippen LogP) is 1.71. The van der Waals surface area contributed by atoms with Crippen LogP contribution in [0.2, 0.25) is 0 Å². The summed E-state index contributed by atoms with van der Waals surface area (Å²) in [6.07, 6.45) is 3.48. The first kappa shape index (κ1) is 12.9. The van der Waals surface area contributed by atoms with Gasteiger partial charge in [0.2, 0.25) is 0 Å². The number of methoxy groups -OCH3 is 1. The molecule has 1 aromatic carbocycles. The number of carbonyl (C=O) groups is 1. The topological polar surface area (TPSA) is 73.6 Å². The van der Waals surface area contributed by atoms with E-state index in [2.05, 4.69) is 4.98 Å². The van der Waals surface area contributed by atoms with Crippen LogP contribution in [0, 0.1) is 0 Å². The van der Waals surface area contributed by atoms with Crippen LogP contribution < -0.4 is 9.47 Å². The Bertz CT molecular complexity index is 592. The Kier molecular flexibility index (Phi) is 3.70. The van der Waals surface area contributed by atoms with Crippen molar-refractivity contribution in [3.63, 3.8) is 0 Å². The Balaban J connectivity index is 2.20. The number of hydrogen-bond donors (Lipinski definition) is 1. The molecule has 0 fully saturated rings. The van der Waals surface area contributed by atoms with Crippen LogP contribution in [0.3, 0.4) is 0 Å². The molecule has 6 heteroatoms. The minimum atomic E-state index is -1.01. The van der Waals surface area contributed by atoms with E-state index in [1.54, 1.807) is 12.3 Å². The van der Waals surface area contributed by atoms with Crippen LogP contribution in [0.15, 0.2) is 30.6 Å². The highest BCUT2D eigenvalue weighted by molar-refractivity contribution is 5.88. The van der Waals surface area contributed by atoms with Crippen molar-refractivity contribution in [3.8, 4) is 11.5 Å². The van der Waals surface area contributed by atoms with E-state index in [-0.39, 0.29) is 12.2 Å². The minimum Gasteiger partial charge on any atom is -0.493 e. The second-order valence-electron chi connectivity index (χ2n) is 3.91. The molecule has 0 atom stereocenters. The van der Waals surface area contributed by atoms with E-state index >= 15 is 0 Å². The Hall–Kier alpha value is -2.50. The molecule has 0 unspecified atom stereocenters. The summed E-state index contributed by atoms with van der Waals surface area (Å²) in [5.41, 5.74) is 0.149. The monoisotopic (exact) mass is 262 g/mol. The molecule has 2 aromatic rings. The van der Waals surface area contributed by atoms with Crippen LogP contribution in [-0.2, 0) is 13.7 Å². The van der Waals surface area contributed by atoms with Crippen molar-refractivity contribution >= 4 is 5.97 Å².